The first-order valence-corrected chi connectivity index (χ1v) is 7.65. The summed E-state index contributed by atoms with van der Waals surface area (Å²) in [6.45, 7) is 5.60. The van der Waals surface area contributed by atoms with Crippen molar-refractivity contribution in [2.45, 2.75) is 39.2 Å². The number of nitrogens with two attached hydrogens (primary N) is 1. The second kappa shape index (κ2) is 6.89. The molecule has 0 bridgehead atoms. The maximum Gasteiger partial charge on any atom is 0.339 e. The Morgan fingerprint density at radius 1 is 1.48 bits per heavy atom. The van der Waals surface area contributed by atoms with Gasteiger partial charge in [-0.2, -0.15) is 0 Å². The Kier molecular flexibility index (Phi) is 5.17. The number of nitrogens with zero attached hydrogens (tertiary/aromatic N) is 2. The monoisotopic (exact) mass is 291 g/mol. The van der Waals surface area contributed by atoms with Crippen molar-refractivity contribution in [2.75, 3.05) is 25.1 Å². The van der Waals surface area contributed by atoms with Crippen LogP contribution in [0.1, 0.15) is 42.2 Å². The van der Waals surface area contributed by atoms with Crippen molar-refractivity contribution in [2.24, 2.45) is 11.7 Å². The molecular formula is C16H25N3O2. The van der Waals surface area contributed by atoms with Crippen molar-refractivity contribution < 1.29 is 9.53 Å². The number of rotatable bonds is 5. The summed E-state index contributed by atoms with van der Waals surface area (Å²) in [6, 6.07) is 4.17. The molecule has 1 aromatic rings. The highest BCUT2D eigenvalue weighted by Gasteiger charge is 2.31. The highest BCUT2D eigenvalue weighted by molar-refractivity contribution is 5.90. The number of carbonyl (C=O) groups excluding carboxylic acids is 1. The lowest BCUT2D eigenvalue weighted by Crippen LogP contribution is -2.41. The van der Waals surface area contributed by atoms with Crippen LogP contribution in [0.3, 0.4) is 0 Å². The van der Waals surface area contributed by atoms with Crippen LogP contribution in [0.4, 0.5) is 5.82 Å². The highest BCUT2D eigenvalue weighted by Crippen LogP contribution is 2.32. The van der Waals surface area contributed by atoms with E-state index in [1.165, 1.54) is 20.0 Å². The van der Waals surface area contributed by atoms with Crippen LogP contribution in [0.25, 0.3) is 0 Å². The summed E-state index contributed by atoms with van der Waals surface area (Å²) in [5, 5.41) is 0. The van der Waals surface area contributed by atoms with Crippen LogP contribution in [-0.4, -0.2) is 37.2 Å². The van der Waals surface area contributed by atoms with E-state index in [2.05, 4.69) is 16.8 Å². The largest absolute Gasteiger partial charge is 0.465 e. The fourth-order valence-electron chi connectivity index (χ4n) is 3.30. The molecule has 5 heteroatoms. The van der Waals surface area contributed by atoms with E-state index in [1.54, 1.807) is 6.07 Å². The fraction of sp³-hybridized carbons (Fsp3) is 0.625. The van der Waals surface area contributed by atoms with Gasteiger partial charge in [0.2, 0.25) is 0 Å². The molecule has 5 nitrogen and oxygen atoms in total. The molecule has 2 atom stereocenters. The quantitative estimate of drug-likeness (QED) is 0.842. The average Bonchev–Trinajstić information content (AvgIpc) is 2.96. The Morgan fingerprint density at radius 3 is 2.81 bits per heavy atom. The molecule has 0 aliphatic heterocycles. The number of pyridine rings is 1. The van der Waals surface area contributed by atoms with E-state index in [4.69, 9.17) is 10.5 Å². The van der Waals surface area contributed by atoms with Crippen LogP contribution in [0.2, 0.25) is 0 Å². The molecule has 0 aromatic carbocycles. The zero-order valence-corrected chi connectivity index (χ0v) is 13.1. The van der Waals surface area contributed by atoms with Gasteiger partial charge in [0.1, 0.15) is 5.82 Å². The second-order valence-corrected chi connectivity index (χ2v) is 5.57. The minimum atomic E-state index is -0.338. The summed E-state index contributed by atoms with van der Waals surface area (Å²) in [6.07, 6.45) is 3.58. The third-order valence-electron chi connectivity index (χ3n) is 4.43. The van der Waals surface area contributed by atoms with Crippen molar-refractivity contribution in [1.82, 2.24) is 4.98 Å². The molecule has 0 radical (unpaired) electrons. The first-order chi connectivity index (χ1) is 10.1. The molecular weight excluding hydrogens is 266 g/mol. The van der Waals surface area contributed by atoms with Crippen molar-refractivity contribution in [3.8, 4) is 0 Å². The summed E-state index contributed by atoms with van der Waals surface area (Å²) in [4.78, 5) is 18.6. The maximum atomic E-state index is 11.6. The van der Waals surface area contributed by atoms with E-state index in [9.17, 15) is 4.79 Å². The van der Waals surface area contributed by atoms with Crippen molar-refractivity contribution in [1.29, 1.82) is 0 Å². The molecule has 1 heterocycles. The molecule has 1 aliphatic carbocycles. The Bertz CT molecular complexity index is 504. The number of methoxy groups -OCH3 is 1. The molecule has 1 aromatic heterocycles. The molecule has 2 unspecified atom stereocenters. The average molecular weight is 291 g/mol. The first-order valence-electron chi connectivity index (χ1n) is 7.65. The Labute approximate surface area is 126 Å². The van der Waals surface area contributed by atoms with Gasteiger partial charge in [-0.15, -0.1) is 0 Å². The zero-order valence-electron chi connectivity index (χ0n) is 13.1. The Balaban J connectivity index is 2.26. The van der Waals surface area contributed by atoms with Crippen LogP contribution in [0.5, 0.6) is 0 Å². The van der Waals surface area contributed by atoms with E-state index in [0.717, 1.165) is 25.3 Å². The van der Waals surface area contributed by atoms with E-state index in [-0.39, 0.29) is 5.97 Å². The molecule has 2 rings (SSSR count). The molecule has 1 fully saturated rings. The molecule has 2 N–H and O–H groups in total. The summed E-state index contributed by atoms with van der Waals surface area (Å²) < 4.78 is 4.77. The maximum absolute atomic E-state index is 11.6. The van der Waals surface area contributed by atoms with Crippen molar-refractivity contribution in [3.63, 3.8) is 0 Å². The standard InChI is InChI=1S/C16H25N3O2/c1-4-19(14-7-5-6-12(14)10-17)15-9-8-13(11(2)18-15)16(20)21-3/h8-9,12,14H,4-7,10,17H2,1-3H3. The lowest BCUT2D eigenvalue weighted by Gasteiger charge is -2.33. The van der Waals surface area contributed by atoms with Crippen LogP contribution in [0, 0.1) is 12.8 Å². The first kappa shape index (κ1) is 15.8. The van der Waals surface area contributed by atoms with Crippen LogP contribution in [0.15, 0.2) is 12.1 Å². The third-order valence-corrected chi connectivity index (χ3v) is 4.43. The van der Waals surface area contributed by atoms with Gasteiger partial charge >= 0.3 is 5.97 Å². The van der Waals surface area contributed by atoms with Gasteiger partial charge in [0.05, 0.1) is 18.4 Å². The van der Waals surface area contributed by atoms with Crippen LogP contribution in [-0.2, 0) is 4.74 Å². The van der Waals surface area contributed by atoms with Gasteiger partial charge in [-0.05, 0) is 51.3 Å². The number of anilines is 1. The summed E-state index contributed by atoms with van der Waals surface area (Å²) in [5.41, 5.74) is 7.13. The number of aryl methyl sites for hydroxylation is 1. The van der Waals surface area contributed by atoms with Gasteiger partial charge in [-0.25, -0.2) is 9.78 Å². The summed E-state index contributed by atoms with van der Waals surface area (Å²) in [5.74, 6) is 1.12. The van der Waals surface area contributed by atoms with E-state index in [0.29, 0.717) is 23.2 Å². The summed E-state index contributed by atoms with van der Waals surface area (Å²) in [7, 11) is 1.39. The number of carbonyl (C=O) groups is 1. The number of hydrogen-bond acceptors (Lipinski definition) is 5. The lowest BCUT2D eigenvalue weighted by molar-refractivity contribution is 0.0599. The zero-order chi connectivity index (χ0) is 15.4. The molecule has 21 heavy (non-hydrogen) atoms. The SMILES string of the molecule is CCN(c1ccc(C(=O)OC)c(C)n1)C1CCCC1CN. The topological polar surface area (TPSA) is 68.5 Å². The van der Waals surface area contributed by atoms with Gasteiger partial charge in [-0.3, -0.25) is 0 Å². The van der Waals surface area contributed by atoms with Crippen LogP contribution < -0.4 is 10.6 Å². The number of hydrogen-bond donors (Lipinski definition) is 1. The normalized spacial score (nSPS) is 21.3. The predicted octanol–water partition coefficient (Wildman–Crippen LogP) is 2.13. The van der Waals surface area contributed by atoms with E-state index in [1.807, 2.05) is 13.0 Å². The summed E-state index contributed by atoms with van der Waals surface area (Å²) >= 11 is 0. The van der Waals surface area contributed by atoms with Gasteiger partial charge in [-0.1, -0.05) is 6.42 Å². The van der Waals surface area contributed by atoms with Gasteiger partial charge in [0.25, 0.3) is 0 Å². The van der Waals surface area contributed by atoms with E-state index >= 15 is 0 Å². The third kappa shape index (κ3) is 3.18. The molecule has 0 amide bonds. The smallest absolute Gasteiger partial charge is 0.339 e. The van der Waals surface area contributed by atoms with Gasteiger partial charge in [0, 0.05) is 12.6 Å². The van der Waals surface area contributed by atoms with Crippen molar-refractivity contribution in [3.05, 3.63) is 23.4 Å². The van der Waals surface area contributed by atoms with Gasteiger partial charge < -0.3 is 15.4 Å². The van der Waals surface area contributed by atoms with Crippen LogP contribution >= 0.6 is 0 Å². The van der Waals surface area contributed by atoms with Gasteiger partial charge in [0.15, 0.2) is 0 Å². The molecule has 0 saturated heterocycles. The fourth-order valence-corrected chi connectivity index (χ4v) is 3.30. The van der Waals surface area contributed by atoms with E-state index < -0.39 is 0 Å². The van der Waals surface area contributed by atoms with Crippen molar-refractivity contribution >= 4 is 11.8 Å². The molecule has 1 saturated carbocycles. The number of aromatic nitrogens is 1. The number of esters is 1. The second-order valence-electron chi connectivity index (χ2n) is 5.57. The minimum absolute atomic E-state index is 0.338. The Hall–Kier alpha value is -1.62. The lowest BCUT2D eigenvalue weighted by atomic mass is 10.0. The minimum Gasteiger partial charge on any atom is -0.465 e. The number of ether oxygens (including phenoxy) is 1. The molecule has 116 valence electrons. The predicted molar refractivity (Wildman–Crippen MR) is 83.5 cm³/mol. The Morgan fingerprint density at radius 2 is 2.24 bits per heavy atom. The molecule has 0 spiro atoms. The molecule has 1 aliphatic rings. The highest BCUT2D eigenvalue weighted by atomic mass is 16.5.